The van der Waals surface area contributed by atoms with Crippen molar-refractivity contribution in [3.8, 4) is 11.5 Å². The Hall–Kier alpha value is -2.19. The number of nitrogens with zero attached hydrogens (tertiary/aromatic N) is 2. The Morgan fingerprint density at radius 2 is 1.82 bits per heavy atom. The summed E-state index contributed by atoms with van der Waals surface area (Å²) in [5, 5.41) is 0. The number of benzene rings is 2. The molecular weight excluding hydrogens is 742 g/mol. The summed E-state index contributed by atoms with van der Waals surface area (Å²) in [6, 6.07) is 10.8. The van der Waals surface area contributed by atoms with E-state index in [9.17, 15) is 9.59 Å². The SMILES string of the molecule is CCOC(=O)C1=C(C)N=c2s/c(=C\c3cc(I)cc(I)c3OC(C)C)c(=O)n2[C@@H]1c1ccccc1OC(C)C. The van der Waals surface area contributed by atoms with Gasteiger partial charge in [0.2, 0.25) is 0 Å². The van der Waals surface area contributed by atoms with E-state index in [1.807, 2.05) is 70.2 Å². The zero-order valence-electron chi connectivity index (χ0n) is 22.6. The largest absolute Gasteiger partial charge is 0.491 e. The van der Waals surface area contributed by atoms with Crippen molar-refractivity contribution in [3.63, 3.8) is 0 Å². The summed E-state index contributed by atoms with van der Waals surface area (Å²) in [5.74, 6) is 0.827. The number of carbonyl (C=O) groups excluding carboxylic acids is 1. The second-order valence-corrected chi connectivity index (χ2v) is 12.9. The fourth-order valence-corrected chi connectivity index (χ4v) is 7.40. The van der Waals surface area contributed by atoms with Crippen molar-refractivity contribution in [2.75, 3.05) is 6.61 Å². The Bertz CT molecular complexity index is 1620. The molecule has 0 spiro atoms. The van der Waals surface area contributed by atoms with E-state index in [-0.39, 0.29) is 24.4 Å². The van der Waals surface area contributed by atoms with Crippen LogP contribution < -0.4 is 24.4 Å². The molecule has 10 heteroatoms. The monoisotopic (exact) mass is 772 g/mol. The van der Waals surface area contributed by atoms with Crippen molar-refractivity contribution in [2.45, 2.75) is 59.8 Å². The number of esters is 1. The number of thiazole rings is 1. The van der Waals surface area contributed by atoms with E-state index in [0.29, 0.717) is 31.9 Å². The number of fused-ring (bicyclic) bond motifs is 1. The summed E-state index contributed by atoms with van der Waals surface area (Å²) in [5.41, 5.74) is 2.10. The minimum absolute atomic E-state index is 0.0285. The molecule has 2 heterocycles. The number of halogens is 2. The highest BCUT2D eigenvalue weighted by Crippen LogP contribution is 2.36. The third-order valence-corrected chi connectivity index (χ3v) is 8.18. The van der Waals surface area contributed by atoms with Crippen LogP contribution in [0, 0.1) is 7.14 Å². The standard InChI is InChI=1S/C29H30I2N2O5S/c1-7-36-28(35)24-17(6)32-29-33(25(24)20-10-8-9-11-22(20)37-15(2)3)27(34)23(39-29)13-18-12-19(30)14-21(31)26(18)38-16(4)5/h8-16,25H,7H2,1-6H3/b23-13-/t25-/m1/s1. The van der Waals surface area contributed by atoms with Crippen molar-refractivity contribution >= 4 is 68.6 Å². The third-order valence-electron chi connectivity index (χ3n) is 5.77. The summed E-state index contributed by atoms with van der Waals surface area (Å²) in [6.07, 6.45) is 1.72. The number of hydrogen-bond acceptors (Lipinski definition) is 7. The van der Waals surface area contributed by atoms with E-state index in [2.05, 4.69) is 45.2 Å². The zero-order valence-corrected chi connectivity index (χ0v) is 27.7. The average molecular weight is 772 g/mol. The molecule has 39 heavy (non-hydrogen) atoms. The van der Waals surface area contributed by atoms with E-state index < -0.39 is 12.0 Å². The van der Waals surface area contributed by atoms with Crippen LogP contribution >= 0.6 is 56.5 Å². The molecule has 0 aliphatic carbocycles. The smallest absolute Gasteiger partial charge is 0.338 e. The summed E-state index contributed by atoms with van der Waals surface area (Å²) in [6.45, 7) is 11.6. The van der Waals surface area contributed by atoms with Gasteiger partial charge in [-0.05, 0) is 111 Å². The summed E-state index contributed by atoms with van der Waals surface area (Å²) in [7, 11) is 0. The maximum absolute atomic E-state index is 14.1. The van der Waals surface area contributed by atoms with Gasteiger partial charge in [0.05, 0.1) is 38.2 Å². The normalized spacial score (nSPS) is 15.4. The molecule has 206 valence electrons. The first-order chi connectivity index (χ1) is 18.5. The van der Waals surface area contributed by atoms with Gasteiger partial charge in [0, 0.05) is 14.7 Å². The molecule has 0 N–H and O–H groups in total. The number of hydrogen-bond donors (Lipinski definition) is 0. The molecule has 7 nitrogen and oxygen atoms in total. The van der Waals surface area contributed by atoms with Crippen LogP contribution in [0.3, 0.4) is 0 Å². The van der Waals surface area contributed by atoms with Crippen LogP contribution in [0.25, 0.3) is 6.08 Å². The van der Waals surface area contributed by atoms with Gasteiger partial charge in [0.15, 0.2) is 4.80 Å². The second kappa shape index (κ2) is 12.5. The lowest BCUT2D eigenvalue weighted by Gasteiger charge is -2.26. The topological polar surface area (TPSA) is 79.1 Å². The van der Waals surface area contributed by atoms with Gasteiger partial charge >= 0.3 is 5.97 Å². The Labute approximate surface area is 258 Å². The summed E-state index contributed by atoms with van der Waals surface area (Å²) >= 11 is 5.81. The van der Waals surface area contributed by atoms with Gasteiger partial charge in [-0.3, -0.25) is 9.36 Å². The molecule has 2 aromatic carbocycles. The van der Waals surface area contributed by atoms with Crippen LogP contribution in [0.15, 0.2) is 57.5 Å². The lowest BCUT2D eigenvalue weighted by Crippen LogP contribution is -2.40. The first kappa shape index (κ1) is 29.8. The first-order valence-corrected chi connectivity index (χ1v) is 15.6. The molecule has 3 aromatic rings. The molecular formula is C29H30I2N2O5S. The highest BCUT2D eigenvalue weighted by molar-refractivity contribution is 14.1. The highest BCUT2D eigenvalue weighted by Gasteiger charge is 2.35. The van der Waals surface area contributed by atoms with Gasteiger partial charge in [-0.1, -0.05) is 29.5 Å². The van der Waals surface area contributed by atoms with Crippen LogP contribution in [0.2, 0.25) is 0 Å². The minimum atomic E-state index is -0.750. The number of para-hydroxylation sites is 1. The van der Waals surface area contributed by atoms with Crippen LogP contribution in [-0.4, -0.2) is 29.4 Å². The predicted molar refractivity (Wildman–Crippen MR) is 170 cm³/mol. The zero-order chi connectivity index (χ0) is 28.4. The van der Waals surface area contributed by atoms with Crippen molar-refractivity contribution in [1.29, 1.82) is 0 Å². The van der Waals surface area contributed by atoms with E-state index in [4.69, 9.17) is 19.2 Å². The Kier molecular flexibility index (Phi) is 9.58. The van der Waals surface area contributed by atoms with Gasteiger partial charge in [-0.15, -0.1) is 0 Å². The van der Waals surface area contributed by atoms with Gasteiger partial charge in [-0.2, -0.15) is 0 Å². The molecule has 0 saturated heterocycles. The Morgan fingerprint density at radius 1 is 1.13 bits per heavy atom. The molecule has 0 radical (unpaired) electrons. The van der Waals surface area contributed by atoms with Crippen molar-refractivity contribution in [2.24, 2.45) is 4.99 Å². The molecule has 0 unspecified atom stereocenters. The van der Waals surface area contributed by atoms with Crippen molar-refractivity contribution < 1.29 is 19.0 Å². The number of ether oxygens (including phenoxy) is 3. The fourth-order valence-electron chi connectivity index (χ4n) is 4.34. The molecule has 0 bridgehead atoms. The Balaban J connectivity index is 2.00. The van der Waals surface area contributed by atoms with Crippen LogP contribution in [0.5, 0.6) is 11.5 Å². The van der Waals surface area contributed by atoms with Gasteiger partial charge in [0.25, 0.3) is 5.56 Å². The Morgan fingerprint density at radius 3 is 2.49 bits per heavy atom. The molecule has 1 aliphatic heterocycles. The lowest BCUT2D eigenvalue weighted by molar-refractivity contribution is -0.139. The van der Waals surface area contributed by atoms with Crippen LogP contribution in [0.1, 0.15) is 58.7 Å². The van der Waals surface area contributed by atoms with Crippen molar-refractivity contribution in [1.82, 2.24) is 4.57 Å². The van der Waals surface area contributed by atoms with E-state index in [1.54, 1.807) is 18.4 Å². The molecule has 1 aliphatic rings. The molecule has 0 amide bonds. The number of aromatic nitrogens is 1. The minimum Gasteiger partial charge on any atom is -0.491 e. The van der Waals surface area contributed by atoms with E-state index in [0.717, 1.165) is 18.5 Å². The molecule has 1 atom stereocenters. The average Bonchev–Trinajstić information content (AvgIpc) is 3.14. The van der Waals surface area contributed by atoms with Gasteiger partial charge in [-0.25, -0.2) is 9.79 Å². The number of carbonyl (C=O) groups is 1. The third kappa shape index (κ3) is 6.43. The maximum Gasteiger partial charge on any atom is 0.338 e. The highest BCUT2D eigenvalue weighted by atomic mass is 127. The first-order valence-electron chi connectivity index (χ1n) is 12.6. The summed E-state index contributed by atoms with van der Waals surface area (Å²) < 4.78 is 21.7. The van der Waals surface area contributed by atoms with Gasteiger partial charge in [0.1, 0.15) is 17.5 Å². The molecule has 4 rings (SSSR count). The number of rotatable bonds is 8. The van der Waals surface area contributed by atoms with Gasteiger partial charge < -0.3 is 14.2 Å². The second-order valence-electron chi connectivity index (χ2n) is 9.48. The van der Waals surface area contributed by atoms with E-state index in [1.165, 1.54) is 11.3 Å². The van der Waals surface area contributed by atoms with E-state index >= 15 is 0 Å². The summed E-state index contributed by atoms with van der Waals surface area (Å²) in [4.78, 5) is 32.5. The van der Waals surface area contributed by atoms with Crippen LogP contribution in [0.4, 0.5) is 0 Å². The fraction of sp³-hybridized carbons (Fsp3) is 0.345. The number of allylic oxidation sites excluding steroid dienone is 1. The molecule has 0 fully saturated rings. The lowest BCUT2D eigenvalue weighted by atomic mass is 9.95. The van der Waals surface area contributed by atoms with Crippen molar-refractivity contribution in [3.05, 3.63) is 85.6 Å². The molecule has 0 saturated carbocycles. The predicted octanol–water partition coefficient (Wildman–Crippen LogP) is 5.58. The quantitative estimate of drug-likeness (QED) is 0.221. The molecule has 1 aromatic heterocycles. The van der Waals surface area contributed by atoms with Crippen LogP contribution in [-0.2, 0) is 9.53 Å². The maximum atomic E-state index is 14.1.